The fourth-order valence-corrected chi connectivity index (χ4v) is 3.69. The van der Waals surface area contributed by atoms with Crippen molar-refractivity contribution in [2.24, 2.45) is 0 Å². The van der Waals surface area contributed by atoms with Crippen LogP contribution in [0.15, 0.2) is 65.6 Å². The Hall–Kier alpha value is -2.79. The minimum Gasteiger partial charge on any atom is -0.508 e. The first kappa shape index (κ1) is 18.0. The largest absolute Gasteiger partial charge is 0.508 e. The molecule has 0 fully saturated rings. The summed E-state index contributed by atoms with van der Waals surface area (Å²) in [6.07, 6.45) is 0. The Morgan fingerprint density at radius 3 is 2.00 bits per heavy atom. The van der Waals surface area contributed by atoms with Crippen LogP contribution in [-0.2, 0) is 10.1 Å². The molecular formula is C21H20O4S. The first-order valence-corrected chi connectivity index (χ1v) is 9.59. The third-order valence-electron chi connectivity index (χ3n) is 4.42. The van der Waals surface area contributed by atoms with Gasteiger partial charge in [0.15, 0.2) is 0 Å². The lowest BCUT2D eigenvalue weighted by molar-refractivity contribution is 0.475. The van der Waals surface area contributed by atoms with E-state index in [1.807, 2.05) is 39.0 Å². The van der Waals surface area contributed by atoms with Gasteiger partial charge in [0.1, 0.15) is 16.4 Å². The van der Waals surface area contributed by atoms with E-state index in [0.717, 1.165) is 27.8 Å². The Bertz CT molecular complexity index is 1030. The zero-order chi connectivity index (χ0) is 18.9. The van der Waals surface area contributed by atoms with E-state index in [1.165, 1.54) is 12.1 Å². The molecule has 0 aliphatic heterocycles. The molecule has 4 nitrogen and oxygen atoms in total. The molecule has 3 rings (SSSR count). The van der Waals surface area contributed by atoms with E-state index in [9.17, 15) is 13.5 Å². The Balaban J connectivity index is 1.95. The van der Waals surface area contributed by atoms with Crippen molar-refractivity contribution >= 4 is 10.1 Å². The molecule has 5 heteroatoms. The average molecular weight is 368 g/mol. The molecule has 1 N–H and O–H groups in total. The zero-order valence-corrected chi connectivity index (χ0v) is 15.7. The van der Waals surface area contributed by atoms with Crippen LogP contribution in [0.2, 0.25) is 0 Å². The van der Waals surface area contributed by atoms with Gasteiger partial charge in [-0.2, -0.15) is 8.42 Å². The molecule has 0 bridgehead atoms. The van der Waals surface area contributed by atoms with Gasteiger partial charge in [-0.1, -0.05) is 35.9 Å². The topological polar surface area (TPSA) is 63.6 Å². The molecule has 0 atom stereocenters. The number of aromatic hydroxyl groups is 1. The first-order valence-electron chi connectivity index (χ1n) is 8.19. The van der Waals surface area contributed by atoms with Gasteiger partial charge in [-0.15, -0.1) is 0 Å². The van der Waals surface area contributed by atoms with Crippen molar-refractivity contribution in [2.75, 3.05) is 0 Å². The van der Waals surface area contributed by atoms with Crippen LogP contribution >= 0.6 is 0 Å². The highest BCUT2D eigenvalue weighted by Crippen LogP contribution is 2.33. The summed E-state index contributed by atoms with van der Waals surface area (Å²) in [6.45, 7) is 5.65. The molecule has 0 spiro atoms. The summed E-state index contributed by atoms with van der Waals surface area (Å²) in [5.41, 5.74) is 4.56. The molecule has 0 saturated carbocycles. The molecule has 0 amide bonds. The molecular weight excluding hydrogens is 348 g/mol. The van der Waals surface area contributed by atoms with Gasteiger partial charge in [0, 0.05) is 0 Å². The lowest BCUT2D eigenvalue weighted by Crippen LogP contribution is -2.11. The summed E-state index contributed by atoms with van der Waals surface area (Å²) in [5.74, 6) is 0.512. The van der Waals surface area contributed by atoms with Crippen LogP contribution < -0.4 is 4.18 Å². The standard InChI is InChI=1S/C21H20O4S/c1-14-4-10-19(11-5-14)26(23,24)25-21-13-12-20(15(2)16(21)3)17-6-8-18(22)9-7-17/h4-13,22H,1-3H3. The zero-order valence-electron chi connectivity index (χ0n) is 14.9. The minimum absolute atomic E-state index is 0.128. The monoisotopic (exact) mass is 368 g/mol. The van der Waals surface area contributed by atoms with Crippen molar-refractivity contribution in [1.29, 1.82) is 0 Å². The van der Waals surface area contributed by atoms with Gasteiger partial charge < -0.3 is 9.29 Å². The van der Waals surface area contributed by atoms with Crippen molar-refractivity contribution in [3.63, 3.8) is 0 Å². The minimum atomic E-state index is -3.89. The van der Waals surface area contributed by atoms with Crippen LogP contribution in [0, 0.1) is 20.8 Å². The van der Waals surface area contributed by atoms with Gasteiger partial charge in [-0.05, 0) is 73.4 Å². The smallest absolute Gasteiger partial charge is 0.339 e. The number of phenolic OH excluding ortho intramolecular Hbond substituents is 1. The molecule has 26 heavy (non-hydrogen) atoms. The maximum Gasteiger partial charge on any atom is 0.339 e. The summed E-state index contributed by atoms with van der Waals surface area (Å²) in [7, 11) is -3.89. The molecule has 0 aliphatic rings. The van der Waals surface area contributed by atoms with E-state index in [-0.39, 0.29) is 10.6 Å². The average Bonchev–Trinajstić information content (AvgIpc) is 2.60. The summed E-state index contributed by atoms with van der Waals surface area (Å²) in [4.78, 5) is 0.128. The van der Waals surface area contributed by atoms with Gasteiger partial charge in [-0.25, -0.2) is 0 Å². The molecule has 134 valence electrons. The highest BCUT2D eigenvalue weighted by Gasteiger charge is 2.19. The predicted molar refractivity (Wildman–Crippen MR) is 102 cm³/mol. The number of hydrogen-bond donors (Lipinski definition) is 1. The van der Waals surface area contributed by atoms with Gasteiger partial charge in [0.05, 0.1) is 0 Å². The molecule has 0 saturated heterocycles. The van der Waals surface area contributed by atoms with Crippen molar-refractivity contribution in [2.45, 2.75) is 25.7 Å². The highest BCUT2D eigenvalue weighted by atomic mass is 32.2. The van der Waals surface area contributed by atoms with E-state index >= 15 is 0 Å². The molecule has 0 aliphatic carbocycles. The van der Waals surface area contributed by atoms with Gasteiger partial charge >= 0.3 is 10.1 Å². The maximum atomic E-state index is 12.5. The Morgan fingerprint density at radius 2 is 1.38 bits per heavy atom. The second-order valence-corrected chi connectivity index (χ2v) is 7.80. The summed E-state index contributed by atoms with van der Waals surface area (Å²) in [6, 6.07) is 16.9. The van der Waals surface area contributed by atoms with Crippen molar-refractivity contribution < 1.29 is 17.7 Å². The fraction of sp³-hybridized carbons (Fsp3) is 0.143. The normalized spacial score (nSPS) is 11.3. The molecule has 0 aromatic heterocycles. The number of benzene rings is 3. The summed E-state index contributed by atoms with van der Waals surface area (Å²) >= 11 is 0. The lowest BCUT2D eigenvalue weighted by atomic mass is 9.96. The third-order valence-corrected chi connectivity index (χ3v) is 5.67. The van der Waals surface area contributed by atoms with Crippen LogP contribution in [0.1, 0.15) is 16.7 Å². The van der Waals surface area contributed by atoms with E-state index < -0.39 is 10.1 Å². The number of hydrogen-bond acceptors (Lipinski definition) is 4. The molecule has 3 aromatic rings. The molecule has 0 unspecified atom stereocenters. The van der Waals surface area contributed by atoms with E-state index in [4.69, 9.17) is 4.18 Å². The number of aryl methyl sites for hydroxylation is 1. The Morgan fingerprint density at radius 1 is 0.769 bits per heavy atom. The van der Waals surface area contributed by atoms with Crippen LogP contribution in [0.25, 0.3) is 11.1 Å². The van der Waals surface area contributed by atoms with Crippen molar-refractivity contribution in [1.82, 2.24) is 0 Å². The molecule has 3 aromatic carbocycles. The van der Waals surface area contributed by atoms with Crippen LogP contribution in [0.3, 0.4) is 0 Å². The summed E-state index contributed by atoms with van der Waals surface area (Å²) in [5, 5.41) is 9.44. The van der Waals surface area contributed by atoms with Gasteiger partial charge in [-0.3, -0.25) is 0 Å². The lowest BCUT2D eigenvalue weighted by Gasteiger charge is -2.15. The van der Waals surface area contributed by atoms with Crippen molar-refractivity contribution in [3.05, 3.63) is 77.4 Å². The quantitative estimate of drug-likeness (QED) is 0.675. The van der Waals surface area contributed by atoms with Crippen LogP contribution in [0.4, 0.5) is 0 Å². The fourth-order valence-electron chi connectivity index (χ4n) is 2.71. The first-order chi connectivity index (χ1) is 12.3. The molecule has 0 radical (unpaired) electrons. The SMILES string of the molecule is Cc1ccc(S(=O)(=O)Oc2ccc(-c3ccc(O)cc3)c(C)c2C)cc1. The second kappa shape index (κ2) is 6.84. The Kier molecular flexibility index (Phi) is 4.74. The highest BCUT2D eigenvalue weighted by molar-refractivity contribution is 7.87. The van der Waals surface area contributed by atoms with E-state index in [2.05, 4.69) is 0 Å². The van der Waals surface area contributed by atoms with Gasteiger partial charge in [0.25, 0.3) is 0 Å². The van der Waals surface area contributed by atoms with Gasteiger partial charge in [0.2, 0.25) is 0 Å². The van der Waals surface area contributed by atoms with E-state index in [0.29, 0.717) is 5.75 Å². The third kappa shape index (κ3) is 3.58. The molecule has 0 heterocycles. The second-order valence-electron chi connectivity index (χ2n) is 6.26. The number of phenols is 1. The van der Waals surface area contributed by atoms with Crippen LogP contribution in [0.5, 0.6) is 11.5 Å². The Labute approximate surface area is 153 Å². The van der Waals surface area contributed by atoms with Crippen molar-refractivity contribution in [3.8, 4) is 22.6 Å². The van der Waals surface area contributed by atoms with E-state index in [1.54, 1.807) is 30.3 Å². The predicted octanol–water partition coefficient (Wildman–Crippen LogP) is 4.75. The number of rotatable bonds is 4. The van der Waals surface area contributed by atoms with Crippen LogP contribution in [-0.4, -0.2) is 13.5 Å². The maximum absolute atomic E-state index is 12.5. The summed E-state index contributed by atoms with van der Waals surface area (Å²) < 4.78 is 30.4.